The zero-order valence-electron chi connectivity index (χ0n) is 28.4. The van der Waals surface area contributed by atoms with E-state index in [1.54, 1.807) is 11.1 Å². The van der Waals surface area contributed by atoms with E-state index in [1.165, 1.54) is 76.1 Å². The Morgan fingerprint density at radius 3 is 2.47 bits per heavy atom. The van der Waals surface area contributed by atoms with Crippen LogP contribution < -0.4 is 15.0 Å². The fourth-order valence-electron chi connectivity index (χ4n) is 8.01. The molecule has 4 heterocycles. The van der Waals surface area contributed by atoms with Gasteiger partial charge in [0.1, 0.15) is 17.9 Å². The van der Waals surface area contributed by atoms with Crippen LogP contribution in [-0.4, -0.2) is 81.5 Å². The van der Waals surface area contributed by atoms with E-state index >= 15 is 0 Å². The van der Waals surface area contributed by atoms with Crippen LogP contribution in [0.1, 0.15) is 83.0 Å². The van der Waals surface area contributed by atoms with E-state index in [-0.39, 0.29) is 23.6 Å². The second-order valence-electron chi connectivity index (χ2n) is 14.4. The molecule has 2 aliphatic heterocycles. The van der Waals surface area contributed by atoms with Gasteiger partial charge in [-0.05, 0) is 127 Å². The van der Waals surface area contributed by atoms with Crippen LogP contribution in [-0.2, 0) is 0 Å². The average molecular weight is 644 g/mol. The summed E-state index contributed by atoms with van der Waals surface area (Å²) in [5.74, 6) is 1.29. The van der Waals surface area contributed by atoms with Crippen molar-refractivity contribution in [3.8, 4) is 11.5 Å². The smallest absolute Gasteiger partial charge is 0.258 e. The lowest BCUT2D eigenvalue weighted by molar-refractivity contribution is 0.0584. The summed E-state index contributed by atoms with van der Waals surface area (Å²) in [6, 6.07) is 8.67. The van der Waals surface area contributed by atoms with Gasteiger partial charge in [-0.15, -0.1) is 0 Å². The zero-order chi connectivity index (χ0) is 33.0. The number of rotatable bonds is 10. The number of benzene rings is 1. The lowest BCUT2D eigenvalue weighted by Crippen LogP contribution is -2.45. The number of amides is 1. The summed E-state index contributed by atoms with van der Waals surface area (Å²) in [5.41, 5.74) is 1.83. The number of pyridine rings is 1. The number of ether oxygens (including phenoxy) is 1. The number of anilines is 2. The van der Waals surface area contributed by atoms with Gasteiger partial charge in [-0.1, -0.05) is 0 Å². The molecular weight excluding hydrogens is 593 g/mol. The van der Waals surface area contributed by atoms with Gasteiger partial charge in [-0.25, -0.2) is 14.4 Å². The van der Waals surface area contributed by atoms with Crippen molar-refractivity contribution in [3.05, 3.63) is 66.6 Å². The maximum Gasteiger partial charge on any atom is 0.258 e. The van der Waals surface area contributed by atoms with Crippen LogP contribution in [0.25, 0.3) is 0 Å². The maximum absolute atomic E-state index is 14.4. The summed E-state index contributed by atoms with van der Waals surface area (Å²) in [6.45, 7) is 13.0. The topological polar surface area (TPSA) is 86.7 Å². The molecule has 2 saturated heterocycles. The molecule has 3 aromatic rings. The number of nitrogens with zero attached hydrogens (tertiary/aromatic N) is 6. The molecule has 2 aromatic heterocycles. The number of hydrogen-bond acceptors (Lipinski definition) is 8. The number of piperidine rings is 1. The van der Waals surface area contributed by atoms with E-state index in [4.69, 9.17) is 4.74 Å². The summed E-state index contributed by atoms with van der Waals surface area (Å²) >= 11 is 0. The highest BCUT2D eigenvalue weighted by atomic mass is 19.1. The Morgan fingerprint density at radius 1 is 1.00 bits per heavy atom. The predicted octanol–water partition coefficient (Wildman–Crippen LogP) is 7.03. The molecular formula is C37H50FN7O2. The first-order chi connectivity index (χ1) is 22.7. The van der Waals surface area contributed by atoms with Crippen LogP contribution in [0.15, 0.2) is 55.2 Å². The summed E-state index contributed by atoms with van der Waals surface area (Å²) in [5, 5.41) is 3.69. The van der Waals surface area contributed by atoms with Crippen LogP contribution in [0.4, 0.5) is 15.9 Å². The number of likely N-dealkylation sites (tertiary alicyclic amines) is 1. The third kappa shape index (κ3) is 7.86. The lowest BCUT2D eigenvalue weighted by Gasteiger charge is -2.46. The minimum atomic E-state index is -0.478. The highest BCUT2D eigenvalue weighted by Gasteiger charge is 2.39. The normalized spacial score (nSPS) is 20.2. The van der Waals surface area contributed by atoms with Crippen molar-refractivity contribution < 1.29 is 13.9 Å². The Balaban J connectivity index is 1.04. The monoisotopic (exact) mass is 643 g/mol. The van der Waals surface area contributed by atoms with Gasteiger partial charge in [0.2, 0.25) is 0 Å². The minimum absolute atomic E-state index is 0.0450. The number of carbonyl (C=O) groups is 1. The van der Waals surface area contributed by atoms with Crippen molar-refractivity contribution >= 4 is 17.4 Å². The van der Waals surface area contributed by atoms with E-state index in [9.17, 15) is 9.18 Å². The molecule has 1 saturated carbocycles. The molecule has 3 fully saturated rings. The van der Waals surface area contributed by atoms with Gasteiger partial charge in [0.05, 0.1) is 17.4 Å². The molecule has 1 amide bonds. The van der Waals surface area contributed by atoms with Gasteiger partial charge in [0.25, 0.3) is 5.91 Å². The van der Waals surface area contributed by atoms with Crippen LogP contribution >= 0.6 is 0 Å². The largest absolute Gasteiger partial charge is 0.451 e. The predicted molar refractivity (Wildman–Crippen MR) is 183 cm³/mol. The van der Waals surface area contributed by atoms with E-state index in [1.807, 2.05) is 46.2 Å². The Morgan fingerprint density at radius 2 is 1.77 bits per heavy atom. The molecule has 0 radical (unpaired) electrons. The molecule has 1 spiro atoms. The average Bonchev–Trinajstić information content (AvgIpc) is 3.53. The summed E-state index contributed by atoms with van der Waals surface area (Å²) in [4.78, 5) is 33.3. The second-order valence-corrected chi connectivity index (χ2v) is 14.4. The van der Waals surface area contributed by atoms with Crippen molar-refractivity contribution in [2.75, 3.05) is 42.9 Å². The van der Waals surface area contributed by atoms with Gasteiger partial charge in [0, 0.05) is 50.2 Å². The molecule has 1 N–H and O–H groups in total. The quantitative estimate of drug-likeness (QED) is 0.252. The third-order valence-corrected chi connectivity index (χ3v) is 10.5. The zero-order valence-corrected chi connectivity index (χ0v) is 28.4. The van der Waals surface area contributed by atoms with E-state index in [0.717, 1.165) is 31.7 Å². The van der Waals surface area contributed by atoms with Crippen molar-refractivity contribution in [2.45, 2.75) is 90.8 Å². The van der Waals surface area contributed by atoms with Crippen LogP contribution in [0.5, 0.6) is 11.5 Å². The van der Waals surface area contributed by atoms with E-state index in [2.05, 4.69) is 36.1 Å². The highest BCUT2D eigenvalue weighted by molar-refractivity contribution is 5.97. The number of halogens is 1. The van der Waals surface area contributed by atoms with Crippen molar-refractivity contribution in [3.63, 3.8) is 0 Å². The first kappa shape index (κ1) is 33.1. The molecule has 252 valence electrons. The third-order valence-electron chi connectivity index (χ3n) is 10.5. The van der Waals surface area contributed by atoms with Crippen molar-refractivity contribution in [1.82, 2.24) is 24.8 Å². The molecule has 1 aliphatic carbocycles. The molecule has 1 atom stereocenters. The van der Waals surface area contributed by atoms with Gasteiger partial charge in [0.15, 0.2) is 11.6 Å². The molecule has 0 unspecified atom stereocenters. The standard InChI is InChI=1S/C37H50FN7O2/c1-26(2)45(27(3)4)36(46)32-20-29(38)7-8-33(32)47-34-22-40-25-41-35(34)44-17-11-28(24-44)23-43-18-14-37(15-19-43)12-9-30(10-13-37)42-31-6-5-16-39-21-31/h5-8,16,20-22,25-28,30,42H,9-15,17-19,23-24H2,1-4H3/t28-/m0/s1. The van der Waals surface area contributed by atoms with E-state index < -0.39 is 5.82 Å². The van der Waals surface area contributed by atoms with Crippen molar-refractivity contribution in [1.29, 1.82) is 0 Å². The lowest BCUT2D eigenvalue weighted by atomic mass is 9.67. The first-order valence-electron chi connectivity index (χ1n) is 17.4. The molecule has 1 aromatic carbocycles. The number of hydrogen-bond donors (Lipinski definition) is 1. The summed E-state index contributed by atoms with van der Waals surface area (Å²) < 4.78 is 20.7. The summed E-state index contributed by atoms with van der Waals surface area (Å²) in [6.07, 6.45) is 15.7. The van der Waals surface area contributed by atoms with Gasteiger partial charge in [-0.3, -0.25) is 9.78 Å². The van der Waals surface area contributed by atoms with Gasteiger partial charge >= 0.3 is 0 Å². The first-order valence-corrected chi connectivity index (χ1v) is 17.4. The number of aromatic nitrogens is 3. The van der Waals surface area contributed by atoms with Crippen LogP contribution in [0.2, 0.25) is 0 Å². The van der Waals surface area contributed by atoms with Gasteiger partial charge in [-0.2, -0.15) is 0 Å². The Hall–Kier alpha value is -3.79. The minimum Gasteiger partial charge on any atom is -0.451 e. The number of nitrogens with one attached hydrogen (secondary N) is 1. The second kappa shape index (κ2) is 14.5. The fraction of sp³-hybridized carbons (Fsp3) is 0.568. The van der Waals surface area contributed by atoms with Gasteiger partial charge < -0.3 is 24.8 Å². The molecule has 0 bridgehead atoms. The summed E-state index contributed by atoms with van der Waals surface area (Å²) in [7, 11) is 0. The molecule has 3 aliphatic rings. The molecule has 9 nitrogen and oxygen atoms in total. The highest BCUT2D eigenvalue weighted by Crippen LogP contribution is 2.45. The Kier molecular flexibility index (Phi) is 10.2. The van der Waals surface area contributed by atoms with Crippen LogP contribution in [0, 0.1) is 17.2 Å². The Labute approximate surface area is 278 Å². The molecule has 6 rings (SSSR count). The maximum atomic E-state index is 14.4. The van der Waals surface area contributed by atoms with Crippen LogP contribution in [0.3, 0.4) is 0 Å². The SMILES string of the molecule is CC(C)N(C(=O)c1cc(F)ccc1Oc1cncnc1N1CC[C@@H](CN2CCC3(CCC(Nc4cccnc4)CC3)CC2)C1)C(C)C. The molecule has 47 heavy (non-hydrogen) atoms. The Bertz CT molecular complexity index is 1480. The van der Waals surface area contributed by atoms with E-state index in [0.29, 0.717) is 34.7 Å². The van der Waals surface area contributed by atoms with Crippen molar-refractivity contribution in [2.24, 2.45) is 11.3 Å². The molecule has 10 heteroatoms. The fourth-order valence-corrected chi connectivity index (χ4v) is 8.01. The number of carbonyl (C=O) groups excluding carboxylic acids is 1.